The molecule has 0 unspecified atom stereocenters. The number of amides is 2. The van der Waals surface area contributed by atoms with Gasteiger partial charge in [0.15, 0.2) is 0 Å². The summed E-state index contributed by atoms with van der Waals surface area (Å²) in [4.78, 5) is 28.7. The van der Waals surface area contributed by atoms with Crippen molar-refractivity contribution in [2.45, 2.75) is 39.7 Å². The second-order valence-corrected chi connectivity index (χ2v) is 5.53. The van der Waals surface area contributed by atoms with E-state index in [9.17, 15) is 9.59 Å². The number of nitrogens with zero attached hydrogens (tertiary/aromatic N) is 2. The van der Waals surface area contributed by atoms with Crippen LogP contribution >= 0.6 is 0 Å². The molecule has 0 spiro atoms. The Balaban J connectivity index is 2.16. The minimum Gasteiger partial charge on any atom is -0.341 e. The average molecular weight is 288 g/mol. The van der Waals surface area contributed by atoms with Gasteiger partial charge in [-0.05, 0) is 45.7 Å². The van der Waals surface area contributed by atoms with Gasteiger partial charge in [-0.1, -0.05) is 17.7 Å². The van der Waals surface area contributed by atoms with Crippen molar-refractivity contribution in [1.29, 1.82) is 0 Å². The van der Waals surface area contributed by atoms with Gasteiger partial charge in [-0.2, -0.15) is 0 Å². The van der Waals surface area contributed by atoms with Crippen LogP contribution in [0.1, 0.15) is 42.6 Å². The molecule has 1 atom stereocenters. The molecule has 1 saturated heterocycles. The Morgan fingerprint density at radius 3 is 2.38 bits per heavy atom. The molecule has 1 aliphatic heterocycles. The van der Waals surface area contributed by atoms with Crippen molar-refractivity contribution in [3.05, 3.63) is 35.4 Å². The molecule has 1 aromatic rings. The summed E-state index contributed by atoms with van der Waals surface area (Å²) in [5.41, 5.74) is 1.79. The summed E-state index contributed by atoms with van der Waals surface area (Å²) in [5.74, 6) is 0.0518. The minimum atomic E-state index is -0.293. The predicted molar refractivity (Wildman–Crippen MR) is 83.2 cm³/mol. The van der Waals surface area contributed by atoms with Crippen LogP contribution in [0.15, 0.2) is 24.3 Å². The molecule has 2 rings (SSSR count). The molecule has 1 aromatic carbocycles. The second-order valence-electron chi connectivity index (χ2n) is 5.53. The lowest BCUT2D eigenvalue weighted by molar-refractivity contribution is -0.134. The standard InChI is InChI=1S/C17H24N2O2/c1-4-18(5-2)17(21)15-7-6-12-19(15)16(20)14-10-8-13(3)9-11-14/h8-11,15H,4-7,12H2,1-3H3/t15-/m0/s1. The highest BCUT2D eigenvalue weighted by atomic mass is 16.2. The predicted octanol–water partition coefficient (Wildman–Crippen LogP) is 2.47. The Morgan fingerprint density at radius 2 is 1.81 bits per heavy atom. The third-order valence-electron chi connectivity index (χ3n) is 4.17. The van der Waals surface area contributed by atoms with Crippen LogP contribution in [0, 0.1) is 6.92 Å². The van der Waals surface area contributed by atoms with Crippen LogP contribution in [0.4, 0.5) is 0 Å². The van der Waals surface area contributed by atoms with Crippen LogP contribution in [0.3, 0.4) is 0 Å². The second kappa shape index (κ2) is 6.74. The Labute approximate surface area is 126 Å². The van der Waals surface area contributed by atoms with E-state index in [1.54, 1.807) is 4.90 Å². The zero-order valence-corrected chi connectivity index (χ0v) is 13.1. The third-order valence-corrected chi connectivity index (χ3v) is 4.17. The highest BCUT2D eigenvalue weighted by Crippen LogP contribution is 2.22. The molecule has 114 valence electrons. The Morgan fingerprint density at radius 1 is 1.19 bits per heavy atom. The lowest BCUT2D eigenvalue weighted by Crippen LogP contribution is -2.47. The zero-order chi connectivity index (χ0) is 15.4. The van der Waals surface area contributed by atoms with Crippen LogP contribution in [0.5, 0.6) is 0 Å². The number of likely N-dealkylation sites (tertiary alicyclic amines) is 1. The maximum Gasteiger partial charge on any atom is 0.254 e. The topological polar surface area (TPSA) is 40.6 Å². The number of benzene rings is 1. The molecule has 4 heteroatoms. The first-order valence-electron chi connectivity index (χ1n) is 7.74. The summed E-state index contributed by atoms with van der Waals surface area (Å²) < 4.78 is 0. The largest absolute Gasteiger partial charge is 0.341 e. The normalized spacial score (nSPS) is 17.9. The van der Waals surface area contributed by atoms with Crippen LogP contribution in [-0.4, -0.2) is 47.3 Å². The molecule has 4 nitrogen and oxygen atoms in total. The minimum absolute atomic E-state index is 0.0296. The van der Waals surface area contributed by atoms with Crippen LogP contribution in [-0.2, 0) is 4.79 Å². The zero-order valence-electron chi connectivity index (χ0n) is 13.1. The molecule has 21 heavy (non-hydrogen) atoms. The quantitative estimate of drug-likeness (QED) is 0.854. The van der Waals surface area contributed by atoms with E-state index in [1.165, 1.54) is 0 Å². The first kappa shape index (κ1) is 15.5. The van der Waals surface area contributed by atoms with Gasteiger partial charge in [-0.15, -0.1) is 0 Å². The fraction of sp³-hybridized carbons (Fsp3) is 0.529. The maximum absolute atomic E-state index is 12.6. The molecule has 2 amide bonds. The van der Waals surface area contributed by atoms with Gasteiger partial charge in [0, 0.05) is 25.2 Å². The number of carbonyl (C=O) groups excluding carboxylic acids is 2. The van der Waals surface area contributed by atoms with E-state index in [1.807, 2.05) is 49.9 Å². The highest BCUT2D eigenvalue weighted by molar-refractivity contribution is 5.98. The molecule has 1 heterocycles. The number of hydrogen-bond donors (Lipinski definition) is 0. The van der Waals surface area contributed by atoms with Gasteiger partial charge in [-0.25, -0.2) is 0 Å². The van der Waals surface area contributed by atoms with Gasteiger partial charge in [-0.3, -0.25) is 9.59 Å². The Kier molecular flexibility index (Phi) is 4.99. The van der Waals surface area contributed by atoms with Crippen molar-refractivity contribution in [2.75, 3.05) is 19.6 Å². The third kappa shape index (κ3) is 3.26. The highest BCUT2D eigenvalue weighted by Gasteiger charge is 2.36. The van der Waals surface area contributed by atoms with Gasteiger partial charge >= 0.3 is 0 Å². The number of carbonyl (C=O) groups is 2. The van der Waals surface area contributed by atoms with Crippen molar-refractivity contribution < 1.29 is 9.59 Å². The molecule has 1 aliphatic rings. The number of rotatable bonds is 4. The van der Waals surface area contributed by atoms with Gasteiger partial charge in [0.25, 0.3) is 5.91 Å². The SMILES string of the molecule is CCN(CC)C(=O)[C@@H]1CCCN1C(=O)c1ccc(C)cc1. The lowest BCUT2D eigenvalue weighted by Gasteiger charge is -2.29. The van der Waals surface area contributed by atoms with Crippen LogP contribution in [0.25, 0.3) is 0 Å². The first-order chi connectivity index (χ1) is 10.1. The van der Waals surface area contributed by atoms with E-state index in [0.717, 1.165) is 18.4 Å². The summed E-state index contributed by atoms with van der Waals surface area (Å²) in [6, 6.07) is 7.26. The molecule has 1 fully saturated rings. The summed E-state index contributed by atoms with van der Waals surface area (Å²) in [6.45, 7) is 8.00. The van der Waals surface area contributed by atoms with E-state index in [-0.39, 0.29) is 17.9 Å². The molecule has 0 bridgehead atoms. The Hall–Kier alpha value is -1.84. The molecule has 0 N–H and O–H groups in total. The van der Waals surface area contributed by atoms with Crippen molar-refractivity contribution in [3.63, 3.8) is 0 Å². The average Bonchev–Trinajstić information content (AvgIpc) is 2.97. The number of aryl methyl sites for hydroxylation is 1. The summed E-state index contributed by atoms with van der Waals surface area (Å²) in [6.07, 6.45) is 1.67. The molecule has 0 saturated carbocycles. The van der Waals surface area contributed by atoms with E-state index in [0.29, 0.717) is 25.2 Å². The van der Waals surface area contributed by atoms with Gasteiger partial charge in [0.1, 0.15) is 6.04 Å². The fourth-order valence-electron chi connectivity index (χ4n) is 2.87. The smallest absolute Gasteiger partial charge is 0.254 e. The van der Waals surface area contributed by atoms with Gasteiger partial charge in [0.2, 0.25) is 5.91 Å². The van der Waals surface area contributed by atoms with Crippen molar-refractivity contribution in [2.24, 2.45) is 0 Å². The van der Waals surface area contributed by atoms with Crippen LogP contribution < -0.4 is 0 Å². The molecular weight excluding hydrogens is 264 g/mol. The van der Waals surface area contributed by atoms with E-state index < -0.39 is 0 Å². The van der Waals surface area contributed by atoms with E-state index in [4.69, 9.17) is 0 Å². The molecule has 0 aliphatic carbocycles. The monoisotopic (exact) mass is 288 g/mol. The molecule has 0 radical (unpaired) electrons. The number of hydrogen-bond acceptors (Lipinski definition) is 2. The lowest BCUT2D eigenvalue weighted by atomic mass is 10.1. The summed E-state index contributed by atoms with van der Waals surface area (Å²) in [7, 11) is 0. The van der Waals surface area contributed by atoms with Gasteiger partial charge in [0.05, 0.1) is 0 Å². The number of likely N-dealkylation sites (N-methyl/N-ethyl adjacent to an activating group) is 1. The molecular formula is C17H24N2O2. The van der Waals surface area contributed by atoms with E-state index >= 15 is 0 Å². The van der Waals surface area contributed by atoms with Crippen molar-refractivity contribution >= 4 is 11.8 Å². The fourth-order valence-corrected chi connectivity index (χ4v) is 2.87. The first-order valence-corrected chi connectivity index (χ1v) is 7.74. The van der Waals surface area contributed by atoms with Gasteiger partial charge < -0.3 is 9.80 Å². The molecule has 0 aromatic heterocycles. The summed E-state index contributed by atoms with van der Waals surface area (Å²) >= 11 is 0. The van der Waals surface area contributed by atoms with E-state index in [2.05, 4.69) is 0 Å². The maximum atomic E-state index is 12.6. The van der Waals surface area contributed by atoms with Crippen molar-refractivity contribution in [1.82, 2.24) is 9.80 Å². The Bertz CT molecular complexity index is 506. The van der Waals surface area contributed by atoms with Crippen molar-refractivity contribution in [3.8, 4) is 0 Å². The summed E-state index contributed by atoms with van der Waals surface area (Å²) in [5, 5.41) is 0. The van der Waals surface area contributed by atoms with Crippen LogP contribution in [0.2, 0.25) is 0 Å².